The van der Waals surface area contributed by atoms with E-state index in [0.29, 0.717) is 23.4 Å². The number of nitrogens with zero attached hydrogens (tertiary/aromatic N) is 6. The van der Waals surface area contributed by atoms with Crippen LogP contribution >= 0.6 is 0 Å². The molecular weight excluding hydrogens is 438 g/mol. The van der Waals surface area contributed by atoms with E-state index < -0.39 is 17.3 Å². The van der Waals surface area contributed by atoms with Crippen LogP contribution in [0.1, 0.15) is 48.3 Å². The van der Waals surface area contributed by atoms with Gasteiger partial charge in [0.25, 0.3) is 11.5 Å². The van der Waals surface area contributed by atoms with Crippen LogP contribution in [0.3, 0.4) is 0 Å². The summed E-state index contributed by atoms with van der Waals surface area (Å²) in [6.07, 6.45) is 10.8. The summed E-state index contributed by atoms with van der Waals surface area (Å²) in [4.78, 5) is 48.2. The predicted octanol–water partition coefficient (Wildman–Crippen LogP) is 1.21. The summed E-state index contributed by atoms with van der Waals surface area (Å²) in [5.74, 6) is -1.34. The molecule has 1 aliphatic rings. The van der Waals surface area contributed by atoms with Crippen molar-refractivity contribution in [1.82, 2.24) is 34.4 Å². The van der Waals surface area contributed by atoms with Gasteiger partial charge in [-0.3, -0.25) is 28.9 Å². The van der Waals surface area contributed by atoms with Crippen LogP contribution in [0.5, 0.6) is 5.88 Å². The number of hydrogen-bond acceptors (Lipinski definition) is 7. The van der Waals surface area contributed by atoms with E-state index in [-0.39, 0.29) is 30.0 Å². The highest BCUT2D eigenvalue weighted by molar-refractivity contribution is 5.97. The summed E-state index contributed by atoms with van der Waals surface area (Å²) in [5.41, 5.74) is 0.482. The van der Waals surface area contributed by atoms with E-state index in [2.05, 4.69) is 20.4 Å². The Labute approximate surface area is 195 Å². The maximum absolute atomic E-state index is 13.3. The van der Waals surface area contributed by atoms with Gasteiger partial charge in [-0.15, -0.1) is 0 Å². The Hall–Kier alpha value is -4.02. The van der Waals surface area contributed by atoms with E-state index in [9.17, 15) is 19.5 Å². The van der Waals surface area contributed by atoms with Gasteiger partial charge >= 0.3 is 0 Å². The molecule has 0 spiro atoms. The molecule has 0 radical (unpaired) electrons. The second-order valence-corrected chi connectivity index (χ2v) is 8.82. The third kappa shape index (κ3) is 4.82. The lowest BCUT2D eigenvalue weighted by atomic mass is 10.2. The third-order valence-electron chi connectivity index (χ3n) is 5.39. The summed E-state index contributed by atoms with van der Waals surface area (Å²) < 4.78 is 2.59. The average molecular weight is 466 g/mol. The Morgan fingerprint density at radius 2 is 2.06 bits per heavy atom. The van der Waals surface area contributed by atoms with E-state index in [4.69, 9.17) is 0 Å². The molecule has 0 bridgehead atoms. The van der Waals surface area contributed by atoms with E-state index in [0.717, 1.165) is 12.8 Å². The van der Waals surface area contributed by atoms with Gasteiger partial charge in [-0.2, -0.15) is 9.61 Å². The highest BCUT2D eigenvalue weighted by Gasteiger charge is 2.29. The smallest absolute Gasteiger partial charge is 0.270 e. The molecule has 3 aromatic rings. The minimum atomic E-state index is -0.613. The van der Waals surface area contributed by atoms with Gasteiger partial charge in [0.05, 0.1) is 24.6 Å². The van der Waals surface area contributed by atoms with Crippen molar-refractivity contribution < 1.29 is 14.7 Å². The number of carbonyl (C=O) groups is 2. The molecule has 2 N–H and O–H groups in total. The molecule has 2 amide bonds. The molecule has 0 atom stereocenters. The molecule has 3 aromatic heterocycles. The summed E-state index contributed by atoms with van der Waals surface area (Å²) in [6, 6.07) is 0.0292. The fourth-order valence-electron chi connectivity index (χ4n) is 3.57. The molecule has 1 saturated carbocycles. The molecule has 1 fully saturated rings. The Kier molecular flexibility index (Phi) is 6.44. The van der Waals surface area contributed by atoms with Crippen molar-refractivity contribution in [3.05, 3.63) is 58.0 Å². The van der Waals surface area contributed by atoms with Gasteiger partial charge in [0, 0.05) is 43.7 Å². The molecule has 34 heavy (non-hydrogen) atoms. The van der Waals surface area contributed by atoms with Crippen LogP contribution in [-0.4, -0.2) is 59.1 Å². The second kappa shape index (κ2) is 9.46. The van der Waals surface area contributed by atoms with Crippen molar-refractivity contribution in [2.24, 2.45) is 5.92 Å². The van der Waals surface area contributed by atoms with Crippen LogP contribution in [0.25, 0.3) is 11.7 Å². The van der Waals surface area contributed by atoms with Crippen molar-refractivity contribution in [2.45, 2.75) is 45.8 Å². The van der Waals surface area contributed by atoms with E-state index in [1.807, 2.05) is 13.8 Å². The minimum Gasteiger partial charge on any atom is -0.492 e. The number of likely N-dealkylation sites (N-methyl/N-ethyl adjacent to an activating group) is 1. The van der Waals surface area contributed by atoms with Crippen molar-refractivity contribution in [3.8, 4) is 5.88 Å². The zero-order chi connectivity index (χ0) is 24.4. The van der Waals surface area contributed by atoms with Gasteiger partial charge in [-0.1, -0.05) is 13.8 Å². The topological polar surface area (TPSA) is 135 Å². The highest BCUT2D eigenvalue weighted by Crippen LogP contribution is 2.23. The summed E-state index contributed by atoms with van der Waals surface area (Å²) in [5, 5.41) is 17.7. The first kappa shape index (κ1) is 23.1. The lowest BCUT2D eigenvalue weighted by Crippen LogP contribution is -2.36. The molecule has 0 aliphatic heterocycles. The van der Waals surface area contributed by atoms with Gasteiger partial charge in [-0.05, 0) is 24.8 Å². The normalized spacial score (nSPS) is 13.6. The third-order valence-corrected chi connectivity index (χ3v) is 5.39. The molecule has 0 aromatic carbocycles. The zero-order valence-corrected chi connectivity index (χ0v) is 19.3. The summed E-state index contributed by atoms with van der Waals surface area (Å²) >= 11 is 0. The first-order valence-corrected chi connectivity index (χ1v) is 11.1. The van der Waals surface area contributed by atoms with Crippen LogP contribution in [0.4, 0.5) is 0 Å². The number of carbonyl (C=O) groups excluding carboxylic acids is 2. The molecular formula is C23H27N7O4. The fourth-order valence-corrected chi connectivity index (χ4v) is 3.57. The molecule has 178 valence electrons. The second-order valence-electron chi connectivity index (χ2n) is 8.82. The van der Waals surface area contributed by atoms with Gasteiger partial charge < -0.3 is 15.3 Å². The fraction of sp³-hybridized carbons (Fsp3) is 0.391. The molecule has 0 unspecified atom stereocenters. The van der Waals surface area contributed by atoms with E-state index >= 15 is 0 Å². The summed E-state index contributed by atoms with van der Waals surface area (Å²) in [6.45, 7) is 4.47. The first-order chi connectivity index (χ1) is 16.3. The van der Waals surface area contributed by atoms with Crippen molar-refractivity contribution in [1.29, 1.82) is 0 Å². The molecule has 4 rings (SSSR count). The number of fused-ring (bicyclic) bond motifs is 1. The van der Waals surface area contributed by atoms with Gasteiger partial charge in [0.1, 0.15) is 5.65 Å². The predicted molar refractivity (Wildman–Crippen MR) is 124 cm³/mol. The van der Waals surface area contributed by atoms with Crippen molar-refractivity contribution in [2.75, 3.05) is 7.05 Å². The number of aromatic hydroxyl groups is 1. The molecule has 1 aliphatic carbocycles. The number of rotatable bonds is 8. The largest absolute Gasteiger partial charge is 0.492 e. The Morgan fingerprint density at radius 3 is 2.71 bits per heavy atom. The lowest BCUT2D eigenvalue weighted by molar-refractivity contribution is -0.125. The molecule has 3 heterocycles. The number of nitrogens with one attached hydrogen (secondary N) is 1. The Bertz CT molecular complexity index is 1310. The quantitative estimate of drug-likeness (QED) is 0.478. The number of hydrogen-bond donors (Lipinski definition) is 2. The SMILES string of the molecule is CC(C)Cn1c(=O)c(C(=O)NC2CC2)c(O)n2ncc(/C=C/C(=O)N(C)Cc3cnccn3)c12. The van der Waals surface area contributed by atoms with Crippen molar-refractivity contribution >= 4 is 23.5 Å². The van der Waals surface area contributed by atoms with Gasteiger partial charge in [0.2, 0.25) is 11.8 Å². The van der Waals surface area contributed by atoms with Crippen LogP contribution in [0, 0.1) is 5.92 Å². The number of amides is 2. The van der Waals surface area contributed by atoms with Gasteiger partial charge in [0.15, 0.2) is 5.56 Å². The zero-order valence-electron chi connectivity index (χ0n) is 19.3. The lowest BCUT2D eigenvalue weighted by Gasteiger charge is -2.15. The Morgan fingerprint density at radius 1 is 1.29 bits per heavy atom. The monoisotopic (exact) mass is 465 g/mol. The van der Waals surface area contributed by atoms with Gasteiger partial charge in [-0.25, -0.2) is 0 Å². The van der Waals surface area contributed by atoms with Crippen molar-refractivity contribution in [3.63, 3.8) is 0 Å². The maximum Gasteiger partial charge on any atom is 0.270 e. The summed E-state index contributed by atoms with van der Waals surface area (Å²) in [7, 11) is 1.64. The highest BCUT2D eigenvalue weighted by atomic mass is 16.3. The Balaban J connectivity index is 1.68. The van der Waals surface area contributed by atoms with Crippen LogP contribution in [0.2, 0.25) is 0 Å². The standard InChI is InChI=1S/C23H27N7O4/c1-14(2)12-29-21-15(4-7-18(31)28(3)13-17-11-24-8-9-25-17)10-26-30(21)23(34)19(22(29)33)20(32)27-16-5-6-16/h4,7-11,14,16,34H,5-6,12-13H2,1-3H3,(H,27,32)/b7-4+. The maximum atomic E-state index is 13.3. The van der Waals surface area contributed by atoms with Crippen LogP contribution in [-0.2, 0) is 17.9 Å². The minimum absolute atomic E-state index is 0.0292. The van der Waals surface area contributed by atoms with Crippen LogP contribution < -0.4 is 10.9 Å². The molecule has 11 nitrogen and oxygen atoms in total. The number of aromatic nitrogens is 5. The first-order valence-electron chi connectivity index (χ1n) is 11.1. The molecule has 0 saturated heterocycles. The van der Waals surface area contributed by atoms with E-state index in [1.54, 1.807) is 25.6 Å². The van der Waals surface area contributed by atoms with Crippen LogP contribution in [0.15, 0.2) is 35.7 Å². The average Bonchev–Trinajstić information content (AvgIpc) is 3.50. The van der Waals surface area contributed by atoms with E-state index in [1.165, 1.54) is 32.3 Å². The molecule has 11 heteroatoms.